The normalized spacial score (nSPS) is 21.6. The lowest BCUT2D eigenvalue weighted by Crippen LogP contribution is -2.50. The molecule has 0 bridgehead atoms. The maximum atomic E-state index is 12.7. The zero-order chi connectivity index (χ0) is 25.3. The van der Waals surface area contributed by atoms with Crippen LogP contribution in [-0.4, -0.2) is 66.1 Å². The van der Waals surface area contributed by atoms with Gasteiger partial charge in [-0.2, -0.15) is 0 Å². The van der Waals surface area contributed by atoms with Crippen LogP contribution in [-0.2, 0) is 4.79 Å². The van der Waals surface area contributed by atoms with Crippen molar-refractivity contribution >= 4 is 29.8 Å². The number of aromatic nitrogens is 2. The molecule has 4 heterocycles. The van der Waals surface area contributed by atoms with Crippen molar-refractivity contribution in [3.8, 4) is 0 Å². The molecule has 3 fully saturated rings. The number of nitrogens with zero attached hydrogens (tertiary/aromatic N) is 4. The van der Waals surface area contributed by atoms with E-state index in [2.05, 4.69) is 43.8 Å². The third-order valence-corrected chi connectivity index (χ3v) is 7.19. The quantitative estimate of drug-likeness (QED) is 0.521. The third kappa shape index (κ3) is 7.40. The van der Waals surface area contributed by atoms with E-state index in [1.807, 2.05) is 25.4 Å². The average Bonchev–Trinajstić information content (AvgIpc) is 3.76. The molecule has 1 saturated carbocycles. The molecule has 36 heavy (non-hydrogen) atoms. The van der Waals surface area contributed by atoms with Gasteiger partial charge in [0.1, 0.15) is 11.6 Å². The molecule has 0 spiro atoms. The summed E-state index contributed by atoms with van der Waals surface area (Å²) in [5, 5.41) is 8.93. The third-order valence-electron chi connectivity index (χ3n) is 7.19. The van der Waals surface area contributed by atoms with E-state index >= 15 is 0 Å². The van der Waals surface area contributed by atoms with Crippen LogP contribution < -0.4 is 20.9 Å². The first-order valence-electron chi connectivity index (χ1n) is 13.2. The SMILES string of the molecule is CN(C(=O)Nc1ccc(C2CC2)cn1)C1CCCN(c2cc(NC=O)ccn2)C1.C[C@@H]1CCCCN1. The number of rotatable bonds is 6. The summed E-state index contributed by atoms with van der Waals surface area (Å²) in [6, 6.07) is 8.22. The van der Waals surface area contributed by atoms with Crippen LogP contribution in [0.15, 0.2) is 36.7 Å². The molecule has 3 aliphatic rings. The summed E-state index contributed by atoms with van der Waals surface area (Å²) in [5.41, 5.74) is 1.96. The first kappa shape index (κ1) is 25.9. The average molecular weight is 494 g/mol. The minimum absolute atomic E-state index is 0.0685. The Kier molecular flexibility index (Phi) is 9.11. The number of hydrogen-bond acceptors (Lipinski definition) is 6. The molecule has 1 unspecified atom stereocenters. The molecule has 2 saturated heterocycles. The Morgan fingerprint density at radius 3 is 2.64 bits per heavy atom. The summed E-state index contributed by atoms with van der Waals surface area (Å²) in [6.45, 7) is 5.05. The number of nitrogens with one attached hydrogen (secondary N) is 3. The van der Waals surface area contributed by atoms with Gasteiger partial charge < -0.3 is 20.4 Å². The molecule has 194 valence electrons. The maximum Gasteiger partial charge on any atom is 0.323 e. The van der Waals surface area contributed by atoms with Crippen LogP contribution in [0.2, 0.25) is 0 Å². The lowest BCUT2D eigenvalue weighted by atomic mass is 10.0. The van der Waals surface area contributed by atoms with Crippen LogP contribution in [0.5, 0.6) is 0 Å². The zero-order valence-electron chi connectivity index (χ0n) is 21.4. The highest BCUT2D eigenvalue weighted by atomic mass is 16.2. The van der Waals surface area contributed by atoms with Gasteiger partial charge >= 0.3 is 6.03 Å². The molecule has 9 nitrogen and oxygen atoms in total. The molecule has 0 aromatic carbocycles. The van der Waals surface area contributed by atoms with E-state index in [0.29, 0.717) is 30.4 Å². The number of anilines is 3. The molecule has 3 N–H and O–H groups in total. The van der Waals surface area contributed by atoms with Crippen LogP contribution in [0, 0.1) is 0 Å². The van der Waals surface area contributed by atoms with E-state index < -0.39 is 0 Å². The number of piperidine rings is 2. The van der Waals surface area contributed by atoms with E-state index in [1.54, 1.807) is 17.2 Å². The van der Waals surface area contributed by atoms with Crippen LogP contribution in [0.25, 0.3) is 0 Å². The van der Waals surface area contributed by atoms with Gasteiger partial charge in [-0.05, 0) is 75.6 Å². The lowest BCUT2D eigenvalue weighted by molar-refractivity contribution is -0.105. The van der Waals surface area contributed by atoms with Gasteiger partial charge in [0.25, 0.3) is 0 Å². The predicted octanol–water partition coefficient (Wildman–Crippen LogP) is 4.20. The van der Waals surface area contributed by atoms with Gasteiger partial charge in [-0.3, -0.25) is 10.1 Å². The summed E-state index contributed by atoms with van der Waals surface area (Å²) in [6.07, 6.45) is 12.7. The molecule has 2 aromatic rings. The smallest absolute Gasteiger partial charge is 0.323 e. The van der Waals surface area contributed by atoms with Crippen LogP contribution >= 0.6 is 0 Å². The number of carbonyl (C=O) groups excluding carboxylic acids is 2. The Morgan fingerprint density at radius 1 is 1.14 bits per heavy atom. The zero-order valence-corrected chi connectivity index (χ0v) is 21.4. The number of urea groups is 1. The molecule has 3 amide bonds. The van der Waals surface area contributed by atoms with E-state index in [-0.39, 0.29) is 12.1 Å². The van der Waals surface area contributed by atoms with Gasteiger partial charge in [0.05, 0.1) is 6.04 Å². The van der Waals surface area contributed by atoms with Crippen LogP contribution in [0.3, 0.4) is 0 Å². The Morgan fingerprint density at radius 2 is 2.00 bits per heavy atom. The van der Waals surface area contributed by atoms with E-state index in [1.165, 1.54) is 44.2 Å². The second-order valence-electron chi connectivity index (χ2n) is 10.1. The minimum atomic E-state index is -0.159. The molecule has 9 heteroatoms. The molecule has 1 aliphatic carbocycles. The molecule has 5 rings (SSSR count). The molecule has 2 aliphatic heterocycles. The Bertz CT molecular complexity index is 990. The molecular weight excluding hydrogens is 454 g/mol. The summed E-state index contributed by atoms with van der Waals surface area (Å²) >= 11 is 0. The monoisotopic (exact) mass is 493 g/mol. The van der Waals surface area contributed by atoms with Gasteiger partial charge in [0.2, 0.25) is 6.41 Å². The fraction of sp³-hybridized carbons (Fsp3) is 0.556. The Labute approximate surface area is 214 Å². The first-order chi connectivity index (χ1) is 17.5. The van der Waals surface area contributed by atoms with E-state index in [9.17, 15) is 9.59 Å². The van der Waals surface area contributed by atoms with Crippen LogP contribution in [0.4, 0.5) is 22.1 Å². The van der Waals surface area contributed by atoms with E-state index in [4.69, 9.17) is 0 Å². The summed E-state index contributed by atoms with van der Waals surface area (Å²) in [5.74, 6) is 2.03. The number of hydrogen-bond donors (Lipinski definition) is 3. The van der Waals surface area contributed by atoms with Gasteiger partial charge in [-0.1, -0.05) is 12.5 Å². The Hall–Kier alpha value is -3.20. The highest BCUT2D eigenvalue weighted by Gasteiger charge is 2.27. The fourth-order valence-electron chi connectivity index (χ4n) is 4.76. The van der Waals surface area contributed by atoms with Gasteiger partial charge in [-0.25, -0.2) is 14.8 Å². The summed E-state index contributed by atoms with van der Waals surface area (Å²) in [4.78, 5) is 36.1. The van der Waals surface area contributed by atoms with Crippen molar-refractivity contribution in [2.24, 2.45) is 0 Å². The predicted molar refractivity (Wildman–Crippen MR) is 143 cm³/mol. The number of likely N-dealkylation sites (N-methyl/N-ethyl adjacent to an activating group) is 1. The number of amides is 3. The van der Waals surface area contributed by atoms with Crippen molar-refractivity contribution < 1.29 is 9.59 Å². The Balaban J connectivity index is 0.000000375. The highest BCUT2D eigenvalue weighted by molar-refractivity contribution is 5.88. The lowest BCUT2D eigenvalue weighted by Gasteiger charge is -2.38. The molecule has 2 atom stereocenters. The molecule has 2 aromatic heterocycles. The second-order valence-corrected chi connectivity index (χ2v) is 10.1. The van der Waals surface area contributed by atoms with Crippen molar-refractivity contribution in [2.45, 2.75) is 69.9 Å². The minimum Gasteiger partial charge on any atom is -0.354 e. The van der Waals surface area contributed by atoms with E-state index in [0.717, 1.165) is 31.2 Å². The fourth-order valence-corrected chi connectivity index (χ4v) is 4.76. The highest BCUT2D eigenvalue weighted by Crippen LogP contribution is 2.39. The first-order valence-corrected chi connectivity index (χ1v) is 13.2. The van der Waals surface area contributed by atoms with Crippen molar-refractivity contribution in [3.05, 3.63) is 42.2 Å². The van der Waals surface area contributed by atoms with Crippen molar-refractivity contribution in [2.75, 3.05) is 42.2 Å². The summed E-state index contributed by atoms with van der Waals surface area (Å²) in [7, 11) is 1.82. The van der Waals surface area contributed by atoms with Crippen molar-refractivity contribution in [1.82, 2.24) is 20.2 Å². The maximum absolute atomic E-state index is 12.7. The second kappa shape index (κ2) is 12.7. The van der Waals surface area contributed by atoms with Gasteiger partial charge in [0, 0.05) is 50.3 Å². The number of pyridine rings is 2. The molecular formula is C27H39N7O2. The summed E-state index contributed by atoms with van der Waals surface area (Å²) < 4.78 is 0. The van der Waals surface area contributed by atoms with Crippen molar-refractivity contribution in [3.63, 3.8) is 0 Å². The van der Waals surface area contributed by atoms with Crippen LogP contribution in [0.1, 0.15) is 63.4 Å². The largest absolute Gasteiger partial charge is 0.354 e. The standard InChI is InChI=1S/C21H26N6O2.C6H13N/c1-26(21(29)25-19-7-6-16(12-23-19)15-4-5-15)18-3-2-10-27(13-18)20-11-17(24-14-28)8-9-22-20;1-6-4-2-3-5-7-6/h6-9,11-12,14-15,18H,2-5,10,13H2,1H3,(H,22,24,28)(H,23,25,29);6-7H,2-5H2,1H3/t;6-/m.1/s1. The topological polar surface area (TPSA) is 102 Å². The van der Waals surface area contributed by atoms with Gasteiger partial charge in [-0.15, -0.1) is 0 Å². The number of carbonyl (C=O) groups is 2. The van der Waals surface area contributed by atoms with Crippen molar-refractivity contribution in [1.29, 1.82) is 0 Å². The van der Waals surface area contributed by atoms with Gasteiger partial charge in [0.15, 0.2) is 0 Å². The molecule has 0 radical (unpaired) electrons.